The minimum atomic E-state index is -0.548. The number of benzene rings is 2. The predicted molar refractivity (Wildman–Crippen MR) is 77.0 cm³/mol. The van der Waals surface area contributed by atoms with Crippen LogP contribution in [0.1, 0.15) is 21.6 Å². The Kier molecular flexibility index (Phi) is 3.31. The van der Waals surface area contributed by atoms with E-state index in [0.717, 1.165) is 10.9 Å². The lowest BCUT2D eigenvalue weighted by Gasteiger charge is -2.06. The van der Waals surface area contributed by atoms with Gasteiger partial charge in [0.1, 0.15) is 5.82 Å². The maximum atomic E-state index is 13.3. The molecule has 0 aliphatic heterocycles. The van der Waals surface area contributed by atoms with Crippen molar-refractivity contribution < 1.29 is 9.18 Å². The lowest BCUT2D eigenvalue weighted by molar-refractivity contribution is 0.111. The second-order valence-corrected chi connectivity index (χ2v) is 4.70. The summed E-state index contributed by atoms with van der Waals surface area (Å²) in [5.74, 6) is -0.548. The van der Waals surface area contributed by atoms with Gasteiger partial charge in [-0.1, -0.05) is 24.3 Å². The zero-order chi connectivity index (χ0) is 14.8. The molecule has 0 aliphatic rings. The summed E-state index contributed by atoms with van der Waals surface area (Å²) in [5, 5.41) is 7.82. The van der Waals surface area contributed by atoms with Crippen LogP contribution in [-0.2, 0) is 6.42 Å². The molecule has 5 heteroatoms. The number of carbonyl (C=O) groups is 1. The molecule has 2 aromatic carbocycles. The van der Waals surface area contributed by atoms with Crippen LogP contribution in [-0.4, -0.2) is 16.5 Å². The minimum absolute atomic E-state index is 0.0150. The molecule has 0 saturated heterocycles. The molecule has 21 heavy (non-hydrogen) atoms. The number of halogens is 1. The van der Waals surface area contributed by atoms with Gasteiger partial charge in [0.05, 0.1) is 16.6 Å². The molecule has 3 aromatic rings. The number of hydrogen-bond donors (Lipinski definition) is 1. The Morgan fingerprint density at radius 1 is 1.14 bits per heavy atom. The van der Waals surface area contributed by atoms with E-state index in [1.807, 2.05) is 12.1 Å². The van der Waals surface area contributed by atoms with Gasteiger partial charge in [0, 0.05) is 11.8 Å². The molecule has 0 amide bonds. The summed E-state index contributed by atoms with van der Waals surface area (Å²) < 4.78 is 13.3. The second kappa shape index (κ2) is 5.28. The third-order valence-electron chi connectivity index (χ3n) is 3.33. The van der Waals surface area contributed by atoms with Crippen molar-refractivity contribution in [2.24, 2.45) is 0 Å². The first-order valence-corrected chi connectivity index (χ1v) is 6.39. The van der Waals surface area contributed by atoms with Crippen molar-refractivity contribution >= 4 is 17.1 Å². The van der Waals surface area contributed by atoms with Gasteiger partial charge in [-0.15, -0.1) is 0 Å². The summed E-state index contributed by atoms with van der Waals surface area (Å²) in [5.41, 5.74) is 1.19. The van der Waals surface area contributed by atoms with Crippen LogP contribution in [0.5, 0.6) is 0 Å². The smallest absolute Gasteiger partial charge is 0.272 e. The number of hydrogen-bond acceptors (Lipinski definition) is 3. The van der Waals surface area contributed by atoms with E-state index < -0.39 is 5.82 Å². The van der Waals surface area contributed by atoms with Crippen LogP contribution in [0.3, 0.4) is 0 Å². The van der Waals surface area contributed by atoms with Crippen LogP contribution in [0, 0.1) is 5.82 Å². The van der Waals surface area contributed by atoms with Crippen molar-refractivity contribution in [3.05, 3.63) is 75.5 Å². The van der Waals surface area contributed by atoms with Crippen molar-refractivity contribution in [1.82, 2.24) is 10.2 Å². The topological polar surface area (TPSA) is 62.8 Å². The highest BCUT2D eigenvalue weighted by Crippen LogP contribution is 2.17. The lowest BCUT2D eigenvalue weighted by Crippen LogP contribution is -2.11. The van der Waals surface area contributed by atoms with Gasteiger partial charge in [0.15, 0.2) is 6.29 Å². The van der Waals surface area contributed by atoms with Crippen molar-refractivity contribution in [3.63, 3.8) is 0 Å². The van der Waals surface area contributed by atoms with Gasteiger partial charge in [-0.3, -0.25) is 9.59 Å². The first-order valence-electron chi connectivity index (χ1n) is 6.39. The van der Waals surface area contributed by atoms with Crippen molar-refractivity contribution in [1.29, 1.82) is 0 Å². The molecule has 1 aromatic heterocycles. The number of aromatic nitrogens is 2. The van der Waals surface area contributed by atoms with Gasteiger partial charge < -0.3 is 0 Å². The average Bonchev–Trinajstić information content (AvgIpc) is 2.52. The van der Waals surface area contributed by atoms with E-state index in [1.165, 1.54) is 12.1 Å². The average molecular weight is 282 g/mol. The first-order chi connectivity index (χ1) is 10.2. The molecule has 104 valence electrons. The largest absolute Gasteiger partial charge is 0.298 e. The zero-order valence-electron chi connectivity index (χ0n) is 11.0. The van der Waals surface area contributed by atoms with Crippen LogP contribution in [0.2, 0.25) is 0 Å². The Morgan fingerprint density at radius 2 is 1.90 bits per heavy atom. The number of aldehydes is 1. The fourth-order valence-corrected chi connectivity index (χ4v) is 2.29. The number of aromatic amines is 1. The third kappa shape index (κ3) is 2.45. The maximum absolute atomic E-state index is 13.3. The molecule has 1 heterocycles. The summed E-state index contributed by atoms with van der Waals surface area (Å²) in [4.78, 5) is 22.5. The van der Waals surface area contributed by atoms with E-state index in [-0.39, 0.29) is 11.1 Å². The number of nitrogens with zero attached hydrogens (tertiary/aromatic N) is 1. The van der Waals surface area contributed by atoms with E-state index in [0.29, 0.717) is 23.8 Å². The Morgan fingerprint density at radius 3 is 2.67 bits per heavy atom. The predicted octanol–water partition coefficient (Wildman–Crippen LogP) is 2.47. The van der Waals surface area contributed by atoms with E-state index in [9.17, 15) is 14.0 Å². The molecule has 4 nitrogen and oxygen atoms in total. The highest BCUT2D eigenvalue weighted by Gasteiger charge is 2.08. The second-order valence-electron chi connectivity index (χ2n) is 4.70. The van der Waals surface area contributed by atoms with Crippen molar-refractivity contribution in [3.8, 4) is 0 Å². The number of H-pyrrole nitrogens is 1. The molecule has 0 radical (unpaired) electrons. The summed E-state index contributed by atoms with van der Waals surface area (Å²) in [6, 6.07) is 11.5. The van der Waals surface area contributed by atoms with Crippen molar-refractivity contribution in [2.75, 3.05) is 0 Å². The molecule has 0 bridgehead atoms. The fourth-order valence-electron chi connectivity index (χ4n) is 2.29. The zero-order valence-corrected chi connectivity index (χ0v) is 11.0. The van der Waals surface area contributed by atoms with E-state index in [2.05, 4.69) is 10.2 Å². The Labute approximate surface area is 119 Å². The number of carbonyl (C=O) groups excluding carboxylic acids is 1. The molecule has 0 spiro atoms. The van der Waals surface area contributed by atoms with Gasteiger partial charge in [-0.2, -0.15) is 5.10 Å². The summed E-state index contributed by atoms with van der Waals surface area (Å²) in [6.07, 6.45) is 0.885. The molecule has 0 unspecified atom stereocenters. The van der Waals surface area contributed by atoms with Crippen molar-refractivity contribution in [2.45, 2.75) is 6.42 Å². The van der Waals surface area contributed by atoms with Crippen LogP contribution in [0.4, 0.5) is 4.39 Å². The van der Waals surface area contributed by atoms with Crippen LogP contribution in [0.15, 0.2) is 47.3 Å². The highest BCUT2D eigenvalue weighted by atomic mass is 19.1. The van der Waals surface area contributed by atoms with E-state index in [1.54, 1.807) is 18.2 Å². The highest BCUT2D eigenvalue weighted by molar-refractivity contribution is 5.83. The first kappa shape index (κ1) is 13.2. The lowest BCUT2D eigenvalue weighted by atomic mass is 10.0. The quantitative estimate of drug-likeness (QED) is 0.751. The number of nitrogens with one attached hydrogen (secondary N) is 1. The molecule has 0 fully saturated rings. The van der Waals surface area contributed by atoms with Gasteiger partial charge >= 0.3 is 0 Å². The van der Waals surface area contributed by atoms with E-state index >= 15 is 0 Å². The summed E-state index contributed by atoms with van der Waals surface area (Å²) >= 11 is 0. The number of fused-ring (bicyclic) bond motifs is 1. The standard InChI is InChI=1S/C16H11FN2O2/c17-14-6-5-10(7-11(14)9-20)8-15-12-3-1-2-4-13(12)16(21)19-18-15/h1-7,9H,8H2,(H,19,21). The van der Waals surface area contributed by atoms with Crippen LogP contribution in [0.25, 0.3) is 10.8 Å². The minimum Gasteiger partial charge on any atom is -0.298 e. The molecule has 1 N–H and O–H groups in total. The maximum Gasteiger partial charge on any atom is 0.272 e. The molecule has 3 rings (SSSR count). The summed E-state index contributed by atoms with van der Waals surface area (Å²) in [6.45, 7) is 0. The van der Waals surface area contributed by atoms with Gasteiger partial charge in [-0.25, -0.2) is 9.49 Å². The molecular formula is C16H11FN2O2. The third-order valence-corrected chi connectivity index (χ3v) is 3.33. The Bertz CT molecular complexity index is 887. The van der Waals surface area contributed by atoms with Crippen LogP contribution >= 0.6 is 0 Å². The van der Waals surface area contributed by atoms with Gasteiger partial charge in [0.2, 0.25) is 0 Å². The van der Waals surface area contributed by atoms with E-state index in [4.69, 9.17) is 0 Å². The Hall–Kier alpha value is -2.82. The normalized spacial score (nSPS) is 10.7. The molecule has 0 saturated carbocycles. The number of rotatable bonds is 3. The molecular weight excluding hydrogens is 271 g/mol. The Balaban J connectivity index is 2.08. The summed E-state index contributed by atoms with van der Waals surface area (Å²) in [7, 11) is 0. The molecule has 0 aliphatic carbocycles. The van der Waals surface area contributed by atoms with Gasteiger partial charge in [0.25, 0.3) is 5.56 Å². The fraction of sp³-hybridized carbons (Fsp3) is 0.0625. The van der Waals surface area contributed by atoms with Gasteiger partial charge in [-0.05, 0) is 23.8 Å². The SMILES string of the molecule is O=Cc1cc(Cc2n[nH]c(=O)c3ccccc23)ccc1F. The van der Waals surface area contributed by atoms with Crippen LogP contribution < -0.4 is 5.56 Å². The molecule has 0 atom stereocenters. The monoisotopic (exact) mass is 282 g/mol.